The minimum absolute atomic E-state index is 0.154. The van der Waals surface area contributed by atoms with Gasteiger partial charge in [-0.1, -0.05) is 13.8 Å². The van der Waals surface area contributed by atoms with Crippen molar-refractivity contribution in [2.75, 3.05) is 12.8 Å². The SMILES string of the molecule is CCC(CC)N(C)S(=O)(=O)c1c(F)cc(N)cc1F. The molecule has 0 unspecified atom stereocenters. The molecule has 0 aromatic heterocycles. The molecule has 19 heavy (non-hydrogen) atoms. The first-order valence-corrected chi connectivity index (χ1v) is 7.42. The highest BCUT2D eigenvalue weighted by Gasteiger charge is 2.31. The lowest BCUT2D eigenvalue weighted by Crippen LogP contribution is -2.37. The lowest BCUT2D eigenvalue weighted by Gasteiger charge is -2.25. The van der Waals surface area contributed by atoms with Gasteiger partial charge in [-0.05, 0) is 25.0 Å². The van der Waals surface area contributed by atoms with Crippen LogP contribution in [0.2, 0.25) is 0 Å². The summed E-state index contributed by atoms with van der Waals surface area (Å²) in [4.78, 5) is -0.948. The summed E-state index contributed by atoms with van der Waals surface area (Å²) in [6.07, 6.45) is 1.12. The maximum absolute atomic E-state index is 13.7. The lowest BCUT2D eigenvalue weighted by atomic mass is 10.2. The molecule has 0 aliphatic rings. The third-order valence-electron chi connectivity index (χ3n) is 3.11. The summed E-state index contributed by atoms with van der Waals surface area (Å²) in [5.74, 6) is -2.34. The highest BCUT2D eigenvalue weighted by Crippen LogP contribution is 2.26. The molecule has 0 radical (unpaired) electrons. The van der Waals surface area contributed by atoms with Crippen LogP contribution >= 0.6 is 0 Å². The lowest BCUT2D eigenvalue weighted by molar-refractivity contribution is 0.345. The zero-order chi connectivity index (χ0) is 14.8. The van der Waals surface area contributed by atoms with Crippen LogP contribution in [0.5, 0.6) is 0 Å². The summed E-state index contributed by atoms with van der Waals surface area (Å²) in [5, 5.41) is 0. The van der Waals surface area contributed by atoms with Crippen molar-refractivity contribution in [1.29, 1.82) is 0 Å². The van der Waals surface area contributed by atoms with Crippen LogP contribution in [0.15, 0.2) is 17.0 Å². The quantitative estimate of drug-likeness (QED) is 0.847. The number of sulfonamides is 1. The minimum Gasteiger partial charge on any atom is -0.399 e. The Bertz CT molecular complexity index is 534. The first-order valence-electron chi connectivity index (χ1n) is 5.98. The van der Waals surface area contributed by atoms with E-state index in [1.165, 1.54) is 7.05 Å². The Morgan fingerprint density at radius 3 is 2.00 bits per heavy atom. The number of anilines is 1. The van der Waals surface area contributed by atoms with Gasteiger partial charge in [0.1, 0.15) is 11.6 Å². The van der Waals surface area contributed by atoms with Crippen LogP contribution in [0.25, 0.3) is 0 Å². The smallest absolute Gasteiger partial charge is 0.248 e. The Morgan fingerprint density at radius 1 is 1.21 bits per heavy atom. The number of nitrogen functional groups attached to an aromatic ring is 1. The van der Waals surface area contributed by atoms with Crippen molar-refractivity contribution < 1.29 is 17.2 Å². The summed E-state index contributed by atoms with van der Waals surface area (Å²) in [7, 11) is -2.89. The fourth-order valence-corrected chi connectivity index (χ4v) is 3.56. The van der Waals surface area contributed by atoms with Crippen molar-refractivity contribution in [2.45, 2.75) is 37.6 Å². The molecule has 0 aliphatic heterocycles. The second-order valence-corrected chi connectivity index (χ2v) is 6.24. The Morgan fingerprint density at radius 2 is 1.63 bits per heavy atom. The number of nitrogens with zero attached hydrogens (tertiary/aromatic N) is 1. The zero-order valence-corrected chi connectivity index (χ0v) is 12.0. The molecule has 0 aliphatic carbocycles. The first kappa shape index (κ1) is 15.8. The molecular formula is C12H18F2N2O2S. The van der Waals surface area contributed by atoms with Gasteiger partial charge in [0.15, 0.2) is 4.90 Å². The van der Waals surface area contributed by atoms with Gasteiger partial charge in [-0.3, -0.25) is 0 Å². The molecule has 7 heteroatoms. The van der Waals surface area contributed by atoms with Gasteiger partial charge in [0.2, 0.25) is 10.0 Å². The van der Waals surface area contributed by atoms with Crippen LogP contribution in [0, 0.1) is 11.6 Å². The summed E-state index contributed by atoms with van der Waals surface area (Å²) in [5.41, 5.74) is 5.12. The van der Waals surface area contributed by atoms with E-state index in [1.807, 2.05) is 13.8 Å². The van der Waals surface area contributed by atoms with E-state index in [0.29, 0.717) is 12.8 Å². The van der Waals surface area contributed by atoms with Gasteiger partial charge in [-0.2, -0.15) is 4.31 Å². The van der Waals surface area contributed by atoms with Crippen molar-refractivity contribution in [2.24, 2.45) is 0 Å². The Hall–Kier alpha value is -1.21. The predicted molar refractivity (Wildman–Crippen MR) is 70.1 cm³/mol. The second-order valence-electron chi connectivity index (χ2n) is 4.31. The zero-order valence-electron chi connectivity index (χ0n) is 11.2. The van der Waals surface area contributed by atoms with Gasteiger partial charge in [0.05, 0.1) is 0 Å². The van der Waals surface area contributed by atoms with E-state index in [9.17, 15) is 17.2 Å². The number of hydrogen-bond donors (Lipinski definition) is 1. The molecule has 1 rings (SSSR count). The fraction of sp³-hybridized carbons (Fsp3) is 0.500. The number of halogens is 2. The van der Waals surface area contributed by atoms with Crippen molar-refractivity contribution in [3.8, 4) is 0 Å². The van der Waals surface area contributed by atoms with E-state index < -0.39 is 26.6 Å². The monoisotopic (exact) mass is 292 g/mol. The molecule has 0 amide bonds. The summed E-state index contributed by atoms with van der Waals surface area (Å²) >= 11 is 0. The minimum atomic E-state index is -4.21. The summed E-state index contributed by atoms with van der Waals surface area (Å²) < 4.78 is 52.9. The average molecular weight is 292 g/mol. The Labute approximate surface area is 112 Å². The molecule has 0 atom stereocenters. The first-order chi connectivity index (χ1) is 8.75. The molecule has 2 N–H and O–H groups in total. The molecule has 108 valence electrons. The van der Waals surface area contributed by atoms with Gasteiger partial charge in [0, 0.05) is 18.8 Å². The Balaban J connectivity index is 3.36. The number of benzene rings is 1. The van der Waals surface area contributed by atoms with Gasteiger partial charge in [-0.15, -0.1) is 0 Å². The van der Waals surface area contributed by atoms with Gasteiger partial charge in [-0.25, -0.2) is 17.2 Å². The molecule has 0 saturated heterocycles. The molecular weight excluding hydrogens is 274 g/mol. The van der Waals surface area contributed by atoms with Crippen molar-refractivity contribution in [1.82, 2.24) is 4.31 Å². The number of nitrogens with two attached hydrogens (primary N) is 1. The van der Waals surface area contributed by atoms with E-state index in [1.54, 1.807) is 0 Å². The van der Waals surface area contributed by atoms with Crippen LogP contribution in [0.3, 0.4) is 0 Å². The molecule has 4 nitrogen and oxygen atoms in total. The summed E-state index contributed by atoms with van der Waals surface area (Å²) in [6.45, 7) is 3.63. The highest BCUT2D eigenvalue weighted by molar-refractivity contribution is 7.89. The van der Waals surface area contributed by atoms with Crippen molar-refractivity contribution in [3.05, 3.63) is 23.8 Å². The standard InChI is InChI=1S/C12H18F2N2O2S/c1-4-9(5-2)16(3)19(17,18)12-10(13)6-8(15)7-11(12)14/h6-7,9H,4-5,15H2,1-3H3. The maximum Gasteiger partial charge on any atom is 0.248 e. The summed E-state index contributed by atoms with van der Waals surface area (Å²) in [6, 6.07) is 1.30. The molecule has 0 spiro atoms. The number of hydrogen-bond acceptors (Lipinski definition) is 3. The van der Waals surface area contributed by atoms with Crippen LogP contribution in [-0.4, -0.2) is 25.8 Å². The van der Waals surface area contributed by atoms with Crippen LogP contribution in [0.1, 0.15) is 26.7 Å². The molecule has 0 heterocycles. The third kappa shape index (κ3) is 3.03. The van der Waals surface area contributed by atoms with E-state index in [4.69, 9.17) is 5.73 Å². The van der Waals surface area contributed by atoms with Gasteiger partial charge < -0.3 is 5.73 Å². The molecule has 1 aromatic carbocycles. The highest BCUT2D eigenvalue weighted by atomic mass is 32.2. The molecule has 1 aromatic rings. The van der Waals surface area contributed by atoms with Crippen LogP contribution in [0.4, 0.5) is 14.5 Å². The molecule has 0 bridgehead atoms. The van der Waals surface area contributed by atoms with E-state index in [2.05, 4.69) is 0 Å². The Kier molecular flexibility index (Phi) is 4.86. The van der Waals surface area contributed by atoms with Gasteiger partial charge >= 0.3 is 0 Å². The molecule has 0 saturated carbocycles. The van der Waals surface area contributed by atoms with Crippen LogP contribution < -0.4 is 5.73 Å². The third-order valence-corrected chi connectivity index (χ3v) is 5.08. The predicted octanol–water partition coefficient (Wildman–Crippen LogP) is 2.36. The largest absolute Gasteiger partial charge is 0.399 e. The van der Waals surface area contributed by atoms with Crippen molar-refractivity contribution >= 4 is 15.7 Å². The maximum atomic E-state index is 13.7. The van der Waals surface area contributed by atoms with Crippen LogP contribution in [-0.2, 0) is 10.0 Å². The topological polar surface area (TPSA) is 63.4 Å². The average Bonchev–Trinajstić information content (AvgIpc) is 2.28. The fourth-order valence-electron chi connectivity index (χ4n) is 1.97. The second kappa shape index (κ2) is 5.83. The van der Waals surface area contributed by atoms with E-state index in [0.717, 1.165) is 16.4 Å². The van der Waals surface area contributed by atoms with E-state index >= 15 is 0 Å². The van der Waals surface area contributed by atoms with E-state index in [-0.39, 0.29) is 11.7 Å². The number of rotatable bonds is 5. The van der Waals surface area contributed by atoms with Gasteiger partial charge in [0.25, 0.3) is 0 Å². The normalized spacial score (nSPS) is 12.4. The van der Waals surface area contributed by atoms with Crippen molar-refractivity contribution in [3.63, 3.8) is 0 Å². The molecule has 0 fully saturated rings.